The van der Waals surface area contributed by atoms with Crippen molar-refractivity contribution in [1.29, 1.82) is 0 Å². The van der Waals surface area contributed by atoms with Crippen LogP contribution in [0.2, 0.25) is 0 Å². The Morgan fingerprint density at radius 2 is 0.956 bits per heavy atom. The minimum atomic E-state index is -0.649. The maximum absolute atomic E-state index is 6.79. The first-order chi connectivity index (χ1) is 33.7. The van der Waals surface area contributed by atoms with Gasteiger partial charge < -0.3 is 14.2 Å². The number of ether oxygens (including phenoxy) is 1. The molecule has 3 nitrogen and oxygen atoms in total. The fraction of sp³-hybridized carbons (Fsp3) is 0.0154. The van der Waals surface area contributed by atoms with Crippen molar-refractivity contribution in [2.24, 2.45) is 0 Å². The number of aromatic nitrogens is 1. The molecular weight excluding hydrogens is 825 g/mol. The van der Waals surface area contributed by atoms with Gasteiger partial charge in [0.25, 0.3) is 0 Å². The summed E-state index contributed by atoms with van der Waals surface area (Å²) in [5.74, 6) is 1.76. The first-order valence-electron chi connectivity index (χ1n) is 23.4. The molecule has 11 aromatic carbocycles. The van der Waals surface area contributed by atoms with Crippen LogP contribution < -0.4 is 9.64 Å². The average molecular weight is 867 g/mol. The van der Waals surface area contributed by atoms with Crippen LogP contribution in [0.3, 0.4) is 0 Å². The minimum Gasteiger partial charge on any atom is -0.457 e. The molecule has 0 fully saturated rings. The second-order valence-corrected chi connectivity index (χ2v) is 18.0. The Morgan fingerprint density at radius 1 is 0.353 bits per heavy atom. The molecular formula is C65H42N2O. The van der Waals surface area contributed by atoms with E-state index in [1.54, 1.807) is 0 Å². The largest absolute Gasteiger partial charge is 0.457 e. The van der Waals surface area contributed by atoms with Crippen molar-refractivity contribution in [3.63, 3.8) is 0 Å². The summed E-state index contributed by atoms with van der Waals surface area (Å²) in [5, 5.41) is 4.95. The van der Waals surface area contributed by atoms with Gasteiger partial charge in [-0.15, -0.1) is 0 Å². The number of benzene rings is 11. The van der Waals surface area contributed by atoms with Crippen LogP contribution in [0.1, 0.15) is 22.3 Å². The van der Waals surface area contributed by atoms with E-state index in [4.69, 9.17) is 4.74 Å². The number of fused-ring (bicyclic) bond motifs is 14. The van der Waals surface area contributed by atoms with Gasteiger partial charge in [-0.1, -0.05) is 182 Å². The van der Waals surface area contributed by atoms with Gasteiger partial charge >= 0.3 is 0 Å². The lowest BCUT2D eigenvalue weighted by atomic mass is 9.65. The predicted molar refractivity (Wildman–Crippen MR) is 281 cm³/mol. The van der Waals surface area contributed by atoms with E-state index < -0.39 is 5.41 Å². The van der Waals surface area contributed by atoms with Crippen molar-refractivity contribution in [2.75, 3.05) is 4.90 Å². The van der Waals surface area contributed by atoms with E-state index in [1.165, 1.54) is 60.4 Å². The second-order valence-electron chi connectivity index (χ2n) is 18.0. The summed E-state index contributed by atoms with van der Waals surface area (Å²) in [7, 11) is 0. The molecule has 0 radical (unpaired) electrons. The molecule has 0 unspecified atom stereocenters. The quantitative estimate of drug-likeness (QED) is 0.166. The summed E-state index contributed by atoms with van der Waals surface area (Å²) >= 11 is 0. The first-order valence-corrected chi connectivity index (χ1v) is 23.4. The van der Waals surface area contributed by atoms with Gasteiger partial charge in [0.1, 0.15) is 11.5 Å². The fourth-order valence-corrected chi connectivity index (χ4v) is 11.6. The number of rotatable bonds is 6. The highest BCUT2D eigenvalue weighted by atomic mass is 16.5. The average Bonchev–Trinajstić information content (AvgIpc) is 3.90. The molecule has 0 bridgehead atoms. The number of hydrogen-bond acceptors (Lipinski definition) is 2. The summed E-state index contributed by atoms with van der Waals surface area (Å²) in [6.45, 7) is 0. The summed E-state index contributed by atoms with van der Waals surface area (Å²) in [6.07, 6.45) is 0. The summed E-state index contributed by atoms with van der Waals surface area (Å²) in [4.78, 5) is 2.45. The van der Waals surface area contributed by atoms with Gasteiger partial charge in [0.15, 0.2) is 0 Å². The molecule has 2 aliphatic rings. The van der Waals surface area contributed by atoms with Gasteiger partial charge in [-0.05, 0) is 123 Å². The van der Waals surface area contributed by atoms with Gasteiger partial charge in [-0.2, -0.15) is 0 Å². The first kappa shape index (κ1) is 38.4. The van der Waals surface area contributed by atoms with Gasteiger partial charge in [-0.3, -0.25) is 0 Å². The molecule has 12 aromatic rings. The lowest BCUT2D eigenvalue weighted by Crippen LogP contribution is -2.32. The lowest BCUT2D eigenvalue weighted by Gasteiger charge is -2.40. The van der Waals surface area contributed by atoms with Crippen LogP contribution in [-0.2, 0) is 5.41 Å². The standard InChI is InChI=1S/C65H42N2O/c1-3-17-44(18-4-1)50-22-9-13-27-59(50)66(48-35-31-43(32-36-48)46-34-40-61-55(41-46)53-24-10-14-28-60(53)67(61)47-20-5-2-6-21-47)49-37-39-52-54-38-33-45-19-7-8-23-51(45)64(54)65(58(52)42-49)56-25-11-15-29-62(56)68-63-30-16-12-26-57(63)65/h1-42H. The molecule has 3 heteroatoms. The van der Waals surface area contributed by atoms with Crippen molar-refractivity contribution in [1.82, 2.24) is 4.57 Å². The Labute approximate surface area is 395 Å². The minimum absolute atomic E-state index is 0.649. The molecule has 0 atom stereocenters. The van der Waals surface area contributed by atoms with Gasteiger partial charge in [0.2, 0.25) is 0 Å². The summed E-state index contributed by atoms with van der Waals surface area (Å²) in [6, 6.07) is 92.9. The number of hydrogen-bond donors (Lipinski definition) is 0. The van der Waals surface area contributed by atoms with E-state index in [0.717, 1.165) is 62.1 Å². The Kier molecular flexibility index (Phi) is 8.50. The molecule has 2 heterocycles. The molecule has 0 amide bonds. The van der Waals surface area contributed by atoms with Crippen molar-refractivity contribution >= 4 is 49.6 Å². The highest BCUT2D eigenvalue weighted by Gasteiger charge is 2.52. The van der Waals surface area contributed by atoms with Gasteiger partial charge in [-0.25, -0.2) is 0 Å². The smallest absolute Gasteiger partial charge is 0.132 e. The zero-order chi connectivity index (χ0) is 44.8. The zero-order valence-corrected chi connectivity index (χ0v) is 37.1. The van der Waals surface area contributed by atoms with Gasteiger partial charge in [0, 0.05) is 44.5 Å². The molecule has 68 heavy (non-hydrogen) atoms. The van der Waals surface area contributed by atoms with Crippen LogP contribution in [0.5, 0.6) is 11.5 Å². The topological polar surface area (TPSA) is 17.4 Å². The summed E-state index contributed by atoms with van der Waals surface area (Å²) < 4.78 is 9.16. The maximum atomic E-state index is 6.79. The van der Waals surface area contributed by atoms with Crippen LogP contribution in [0.4, 0.5) is 17.1 Å². The van der Waals surface area contributed by atoms with Crippen LogP contribution in [-0.4, -0.2) is 4.57 Å². The molecule has 318 valence electrons. The summed E-state index contributed by atoms with van der Waals surface area (Å²) in [5.41, 5.74) is 18.1. The molecule has 1 spiro atoms. The molecule has 1 aliphatic heterocycles. The van der Waals surface area contributed by atoms with Crippen LogP contribution >= 0.6 is 0 Å². The third kappa shape index (κ3) is 5.60. The zero-order valence-electron chi connectivity index (χ0n) is 37.1. The highest BCUT2D eigenvalue weighted by molar-refractivity contribution is 6.10. The third-order valence-corrected chi connectivity index (χ3v) is 14.4. The number of anilines is 3. The van der Waals surface area contributed by atoms with E-state index >= 15 is 0 Å². The van der Waals surface area contributed by atoms with E-state index in [1.807, 2.05) is 0 Å². The van der Waals surface area contributed by atoms with Crippen LogP contribution in [0, 0.1) is 0 Å². The SMILES string of the molecule is c1ccc(-c2ccccc2N(c2ccc(-c3ccc4c(c3)c3ccccc3n4-c3ccccc3)cc2)c2ccc3c(c2)C2(c4ccccc4Oc4ccccc42)c2c-3ccc3ccccc23)cc1. The predicted octanol–water partition coefficient (Wildman–Crippen LogP) is 17.2. The molecule has 1 aliphatic carbocycles. The van der Waals surface area contributed by atoms with E-state index in [0.29, 0.717) is 0 Å². The Balaban J connectivity index is 0.980. The van der Waals surface area contributed by atoms with Crippen molar-refractivity contribution in [3.8, 4) is 50.6 Å². The molecule has 0 N–H and O–H groups in total. The van der Waals surface area contributed by atoms with Gasteiger partial charge in [0.05, 0.1) is 22.1 Å². The second kappa shape index (κ2) is 15.1. The Hall–Kier alpha value is -8.92. The lowest BCUT2D eigenvalue weighted by molar-refractivity contribution is 0.437. The van der Waals surface area contributed by atoms with E-state index in [9.17, 15) is 0 Å². The monoisotopic (exact) mass is 866 g/mol. The van der Waals surface area contributed by atoms with E-state index in [-0.39, 0.29) is 0 Å². The maximum Gasteiger partial charge on any atom is 0.132 e. The van der Waals surface area contributed by atoms with E-state index in [2.05, 4.69) is 264 Å². The van der Waals surface area contributed by atoms with Crippen molar-refractivity contribution < 1.29 is 4.74 Å². The molecule has 14 rings (SSSR count). The Morgan fingerprint density at radius 3 is 1.75 bits per heavy atom. The third-order valence-electron chi connectivity index (χ3n) is 14.4. The molecule has 0 saturated heterocycles. The highest BCUT2D eigenvalue weighted by Crippen LogP contribution is 2.64. The Bertz CT molecular complexity index is 3900. The number of nitrogens with zero attached hydrogens (tertiary/aromatic N) is 2. The van der Waals surface area contributed by atoms with Crippen molar-refractivity contribution in [3.05, 3.63) is 277 Å². The van der Waals surface area contributed by atoms with Crippen LogP contribution in [0.15, 0.2) is 255 Å². The molecule has 0 saturated carbocycles. The van der Waals surface area contributed by atoms with Crippen LogP contribution in [0.25, 0.3) is 71.6 Å². The van der Waals surface area contributed by atoms with Crippen molar-refractivity contribution in [2.45, 2.75) is 5.41 Å². The fourth-order valence-electron chi connectivity index (χ4n) is 11.6. The number of para-hydroxylation sites is 5. The molecule has 1 aromatic heterocycles. The normalized spacial score (nSPS) is 12.9.